The van der Waals surface area contributed by atoms with Crippen LogP contribution in [0.4, 0.5) is 0 Å². The first kappa shape index (κ1) is 33.8. The van der Waals surface area contributed by atoms with Gasteiger partial charge in [0, 0.05) is 40.8 Å². The molecule has 3 aromatic heterocycles. The van der Waals surface area contributed by atoms with Crippen molar-refractivity contribution >= 4 is 44.5 Å². The normalized spacial score (nSPS) is 14.9. The van der Waals surface area contributed by atoms with Crippen LogP contribution in [0.25, 0.3) is 101 Å². The molecule has 1 unspecified atom stereocenters. The lowest BCUT2D eigenvalue weighted by Crippen LogP contribution is -2.30. The molecule has 4 heteroatoms. The topological polar surface area (TPSA) is 51.6 Å². The summed E-state index contributed by atoms with van der Waals surface area (Å²) in [5.74, 6) is 0.667. The minimum atomic E-state index is -0.619. The summed E-state index contributed by atoms with van der Waals surface area (Å²) >= 11 is 0. The van der Waals surface area contributed by atoms with Gasteiger partial charge in [-0.05, 0) is 119 Å². The number of rotatable bonds is 4. The quantitative estimate of drug-likeness (QED) is 0.167. The summed E-state index contributed by atoms with van der Waals surface area (Å²) < 4.78 is 0. The lowest BCUT2D eigenvalue weighted by atomic mass is 9.65. The van der Waals surface area contributed by atoms with Gasteiger partial charge in [0.05, 0.1) is 22.5 Å². The van der Waals surface area contributed by atoms with Crippen LogP contribution in [0.15, 0.2) is 195 Å². The molecule has 2 aliphatic rings. The summed E-state index contributed by atoms with van der Waals surface area (Å²) in [6.45, 7) is 0. The zero-order valence-corrected chi connectivity index (χ0v) is 32.9. The van der Waals surface area contributed by atoms with Gasteiger partial charge >= 0.3 is 0 Å². The Morgan fingerprint density at radius 2 is 1.10 bits per heavy atom. The highest BCUT2D eigenvalue weighted by Crippen LogP contribution is 2.61. The summed E-state index contributed by atoms with van der Waals surface area (Å²) in [4.78, 5) is 19.6. The van der Waals surface area contributed by atoms with Gasteiger partial charge in [0.25, 0.3) is 0 Å². The maximum atomic E-state index is 5.32. The van der Waals surface area contributed by atoms with Crippen LogP contribution in [0, 0.1) is 0 Å². The Bertz CT molecular complexity index is 3560. The molecule has 1 atom stereocenters. The fraction of sp³-hybridized carbons (Fsp3) is 0.0175. The van der Waals surface area contributed by atoms with Crippen molar-refractivity contribution in [2.75, 3.05) is 0 Å². The number of benzene rings is 8. The second-order valence-electron chi connectivity index (χ2n) is 16.2. The third-order valence-electron chi connectivity index (χ3n) is 13.0. The Kier molecular flexibility index (Phi) is 7.19. The SMILES string of the molecule is C1=Cc2ccc(-c3cc(-c4ccc(-c5cccnc5)nc4)nc(-c4ccccc4)n3)cc2C2(c3ccccc31)c1ccccc1-c1c2cc2ccc3cccc4ccc1c2c34. The van der Waals surface area contributed by atoms with Crippen molar-refractivity contribution in [2.24, 2.45) is 0 Å². The van der Waals surface area contributed by atoms with E-state index in [4.69, 9.17) is 15.0 Å². The highest BCUT2D eigenvalue weighted by molar-refractivity contribution is 6.27. The average Bonchev–Trinajstić information content (AvgIpc) is 3.54. The predicted molar refractivity (Wildman–Crippen MR) is 249 cm³/mol. The van der Waals surface area contributed by atoms with Gasteiger partial charge in [-0.25, -0.2) is 9.97 Å². The molecule has 0 radical (unpaired) electrons. The Morgan fingerprint density at radius 3 is 1.92 bits per heavy atom. The average molecular weight is 775 g/mol. The molecule has 0 amide bonds. The molecule has 0 saturated heterocycles. The van der Waals surface area contributed by atoms with Crippen molar-refractivity contribution in [3.05, 3.63) is 228 Å². The molecule has 4 nitrogen and oxygen atoms in total. The number of nitrogens with zero attached hydrogens (tertiary/aromatic N) is 4. The maximum Gasteiger partial charge on any atom is 0.160 e. The van der Waals surface area contributed by atoms with E-state index in [-0.39, 0.29) is 0 Å². The van der Waals surface area contributed by atoms with Gasteiger partial charge in [0.2, 0.25) is 0 Å². The van der Waals surface area contributed by atoms with Crippen molar-refractivity contribution in [1.29, 1.82) is 0 Å². The second-order valence-corrected chi connectivity index (χ2v) is 16.2. The standard InChI is InChI=1S/C57H34N4/c1-2-11-39(12-3-1)56-60-51(32-52(61-56)43-26-28-50(59-34-43)42-15-9-29-58-33-42)40-23-21-36-20-19-35-10-4-6-17-46(35)57(48(36)30-40)47-18-7-5-16-44(47)55-45-27-25-38-14-8-13-37-22-24-41(31-49(55)57)54(45)53(37)38/h1-34H. The number of hydrogen-bond donors (Lipinski definition) is 0. The molecule has 1 spiro atoms. The van der Waals surface area contributed by atoms with Crippen LogP contribution in [0.2, 0.25) is 0 Å². The Balaban J connectivity index is 1.08. The number of hydrogen-bond acceptors (Lipinski definition) is 4. The summed E-state index contributed by atoms with van der Waals surface area (Å²) in [6, 6.07) is 63.9. The molecule has 282 valence electrons. The highest BCUT2D eigenvalue weighted by Gasteiger charge is 2.49. The second kappa shape index (κ2) is 13.0. The molecule has 3 heterocycles. The van der Waals surface area contributed by atoms with E-state index in [1.54, 1.807) is 6.20 Å². The molecule has 61 heavy (non-hydrogen) atoms. The minimum absolute atomic E-state index is 0.619. The van der Waals surface area contributed by atoms with Crippen molar-refractivity contribution in [3.63, 3.8) is 0 Å². The molecular weight excluding hydrogens is 741 g/mol. The van der Waals surface area contributed by atoms with E-state index in [1.165, 1.54) is 76.8 Å². The van der Waals surface area contributed by atoms with E-state index >= 15 is 0 Å². The summed E-state index contributed by atoms with van der Waals surface area (Å²) in [5.41, 5.74) is 15.9. The van der Waals surface area contributed by atoms with Crippen molar-refractivity contribution < 1.29 is 0 Å². The first-order chi connectivity index (χ1) is 30.2. The van der Waals surface area contributed by atoms with E-state index < -0.39 is 5.41 Å². The number of fused-ring (bicyclic) bond motifs is 10. The molecule has 0 saturated carbocycles. The summed E-state index contributed by atoms with van der Waals surface area (Å²) in [6.07, 6.45) is 10.1. The molecule has 0 aliphatic heterocycles. The van der Waals surface area contributed by atoms with E-state index in [0.29, 0.717) is 5.82 Å². The van der Waals surface area contributed by atoms with E-state index in [1.807, 2.05) is 48.8 Å². The van der Waals surface area contributed by atoms with Gasteiger partial charge in [-0.15, -0.1) is 0 Å². The fourth-order valence-corrected chi connectivity index (χ4v) is 10.3. The zero-order chi connectivity index (χ0) is 40.1. The lowest BCUT2D eigenvalue weighted by molar-refractivity contribution is 0.768. The number of aromatic nitrogens is 4. The first-order valence-corrected chi connectivity index (χ1v) is 20.8. The Hall–Kier alpha value is -8.08. The molecule has 0 fully saturated rings. The van der Waals surface area contributed by atoms with E-state index in [0.717, 1.165) is 39.3 Å². The third kappa shape index (κ3) is 4.93. The van der Waals surface area contributed by atoms with Gasteiger partial charge in [-0.2, -0.15) is 0 Å². The summed E-state index contributed by atoms with van der Waals surface area (Å²) in [5, 5.41) is 7.77. The smallest absolute Gasteiger partial charge is 0.160 e. The van der Waals surface area contributed by atoms with Gasteiger partial charge in [0.15, 0.2) is 5.82 Å². The monoisotopic (exact) mass is 774 g/mol. The van der Waals surface area contributed by atoms with E-state index in [9.17, 15) is 0 Å². The number of pyridine rings is 2. The largest absolute Gasteiger partial charge is 0.264 e. The molecule has 11 aromatic rings. The third-order valence-corrected chi connectivity index (χ3v) is 13.0. The molecular formula is C57H34N4. The lowest BCUT2D eigenvalue weighted by Gasteiger charge is -2.36. The Morgan fingerprint density at radius 1 is 0.393 bits per heavy atom. The van der Waals surface area contributed by atoms with Crippen LogP contribution >= 0.6 is 0 Å². The fourth-order valence-electron chi connectivity index (χ4n) is 10.3. The van der Waals surface area contributed by atoms with Gasteiger partial charge in [-0.1, -0.05) is 146 Å². The van der Waals surface area contributed by atoms with Crippen LogP contribution in [-0.4, -0.2) is 19.9 Å². The van der Waals surface area contributed by atoms with Crippen molar-refractivity contribution in [1.82, 2.24) is 19.9 Å². The highest BCUT2D eigenvalue weighted by atomic mass is 14.9. The first-order valence-electron chi connectivity index (χ1n) is 20.8. The van der Waals surface area contributed by atoms with Crippen molar-refractivity contribution in [2.45, 2.75) is 5.41 Å². The molecule has 8 aromatic carbocycles. The minimum Gasteiger partial charge on any atom is -0.264 e. The van der Waals surface area contributed by atoms with Gasteiger partial charge < -0.3 is 0 Å². The summed E-state index contributed by atoms with van der Waals surface area (Å²) in [7, 11) is 0. The molecule has 2 aliphatic carbocycles. The maximum absolute atomic E-state index is 5.32. The van der Waals surface area contributed by atoms with Crippen molar-refractivity contribution in [3.8, 4) is 56.3 Å². The van der Waals surface area contributed by atoms with Crippen LogP contribution < -0.4 is 0 Å². The van der Waals surface area contributed by atoms with Crippen LogP contribution in [0.5, 0.6) is 0 Å². The van der Waals surface area contributed by atoms with Crippen LogP contribution in [-0.2, 0) is 5.41 Å². The Labute approximate surface area is 352 Å². The zero-order valence-electron chi connectivity index (χ0n) is 32.9. The van der Waals surface area contributed by atoms with Crippen LogP contribution in [0.1, 0.15) is 33.4 Å². The molecule has 0 bridgehead atoms. The van der Waals surface area contributed by atoms with Gasteiger partial charge in [-0.3, -0.25) is 9.97 Å². The van der Waals surface area contributed by atoms with E-state index in [2.05, 4.69) is 157 Å². The predicted octanol–water partition coefficient (Wildman–Crippen LogP) is 13.7. The molecule has 13 rings (SSSR count). The van der Waals surface area contributed by atoms with Gasteiger partial charge in [0.1, 0.15) is 0 Å². The molecule has 0 N–H and O–H groups in total. The van der Waals surface area contributed by atoms with Crippen LogP contribution in [0.3, 0.4) is 0 Å².